The number of carbonyl (C=O) groups is 3. The Balaban J connectivity index is 0.747. The minimum atomic E-state index is -0.645. The molecule has 4 atom stereocenters. The maximum Gasteiger partial charge on any atom is 0.407 e. The normalized spacial score (nSPS) is 24.2. The van der Waals surface area contributed by atoms with Crippen molar-refractivity contribution in [3.8, 4) is 34.3 Å². The first-order valence-corrected chi connectivity index (χ1v) is 23.3. The number of methoxy groups -OCH3 is 1. The molecule has 3 N–H and O–H groups in total. The molecule has 19 heteroatoms. The third kappa shape index (κ3) is 9.06. The monoisotopic (exact) mass is 913 g/mol. The smallest absolute Gasteiger partial charge is 0.407 e. The molecule has 2 aliphatic carbocycles. The summed E-state index contributed by atoms with van der Waals surface area (Å²) >= 11 is 0. The van der Waals surface area contributed by atoms with Gasteiger partial charge in [0.1, 0.15) is 46.2 Å². The lowest BCUT2D eigenvalue weighted by atomic mass is 9.90. The van der Waals surface area contributed by atoms with Gasteiger partial charge in [-0.05, 0) is 82.8 Å². The highest BCUT2D eigenvalue weighted by molar-refractivity contribution is 6.01. The van der Waals surface area contributed by atoms with Crippen LogP contribution >= 0.6 is 0 Å². The first-order chi connectivity index (χ1) is 32.3. The van der Waals surface area contributed by atoms with Crippen LogP contribution in [0.3, 0.4) is 0 Å². The van der Waals surface area contributed by atoms with Crippen LogP contribution in [-0.4, -0.2) is 123 Å². The van der Waals surface area contributed by atoms with Crippen molar-refractivity contribution in [3.05, 3.63) is 66.6 Å². The average molecular weight is 914 g/mol. The molecule has 10 rings (SSSR count). The molecule has 2 saturated carbocycles. The van der Waals surface area contributed by atoms with Crippen molar-refractivity contribution >= 4 is 40.6 Å². The van der Waals surface area contributed by atoms with Gasteiger partial charge in [0, 0.05) is 93.9 Å². The van der Waals surface area contributed by atoms with Crippen LogP contribution in [0.2, 0.25) is 0 Å². The minimum absolute atomic E-state index is 0.219. The zero-order valence-electron chi connectivity index (χ0n) is 38.2. The number of anilines is 3. The van der Waals surface area contributed by atoms with Gasteiger partial charge in [-0.25, -0.2) is 23.7 Å². The van der Waals surface area contributed by atoms with E-state index in [0.717, 1.165) is 68.8 Å². The predicted octanol–water partition coefficient (Wildman–Crippen LogP) is 5.40. The van der Waals surface area contributed by atoms with Gasteiger partial charge in [-0.2, -0.15) is 15.5 Å². The summed E-state index contributed by atoms with van der Waals surface area (Å²) in [4.78, 5) is 52.9. The number of nitriles is 1. The number of piperazine rings is 1. The van der Waals surface area contributed by atoms with E-state index in [9.17, 15) is 19.6 Å². The van der Waals surface area contributed by atoms with E-state index in [2.05, 4.69) is 52.7 Å². The molecule has 5 fully saturated rings. The zero-order chi connectivity index (χ0) is 46.6. The first kappa shape index (κ1) is 44.0. The molecule has 4 aromatic heterocycles. The fraction of sp³-hybridized carbons (Fsp3) is 0.500. The minimum Gasteiger partial charge on any atom is -0.495 e. The number of aromatic nitrogens is 6. The van der Waals surface area contributed by atoms with E-state index in [1.54, 1.807) is 16.8 Å². The molecule has 7 heterocycles. The second-order valence-electron chi connectivity index (χ2n) is 19.5. The predicted molar refractivity (Wildman–Crippen MR) is 247 cm³/mol. The van der Waals surface area contributed by atoms with Gasteiger partial charge in [-0.15, -0.1) is 0 Å². The average Bonchev–Trinajstić information content (AvgIpc) is 3.78. The molecule has 0 radical (unpaired) electrons. The Morgan fingerprint density at radius 2 is 1.70 bits per heavy atom. The Morgan fingerprint density at radius 3 is 2.39 bits per heavy atom. The third-order valence-electron chi connectivity index (χ3n) is 14.2. The lowest BCUT2D eigenvalue weighted by Gasteiger charge is -2.42. The third-order valence-corrected chi connectivity index (χ3v) is 14.2. The van der Waals surface area contributed by atoms with E-state index >= 15 is 4.39 Å². The molecule has 1 unspecified atom stereocenters. The summed E-state index contributed by atoms with van der Waals surface area (Å²) in [6, 6.07) is 9.38. The maximum absolute atomic E-state index is 15.6. The van der Waals surface area contributed by atoms with Crippen molar-refractivity contribution in [3.63, 3.8) is 0 Å². The van der Waals surface area contributed by atoms with Gasteiger partial charge >= 0.3 is 6.09 Å². The Kier molecular flexibility index (Phi) is 11.7. The highest BCUT2D eigenvalue weighted by Gasteiger charge is 2.55. The quantitative estimate of drug-likeness (QED) is 0.142. The topological polar surface area (TPSA) is 200 Å². The summed E-state index contributed by atoms with van der Waals surface area (Å²) in [6.45, 7) is 10.9. The zero-order valence-corrected chi connectivity index (χ0v) is 38.2. The highest BCUT2D eigenvalue weighted by Crippen LogP contribution is 2.52. The van der Waals surface area contributed by atoms with Crippen LogP contribution < -0.4 is 30.5 Å². The van der Waals surface area contributed by atoms with Crippen molar-refractivity contribution in [2.45, 2.75) is 83.0 Å². The van der Waals surface area contributed by atoms with Gasteiger partial charge in [0.15, 0.2) is 0 Å². The van der Waals surface area contributed by atoms with E-state index in [0.29, 0.717) is 89.4 Å². The maximum atomic E-state index is 15.6. The van der Waals surface area contributed by atoms with Crippen LogP contribution in [0.4, 0.5) is 26.4 Å². The van der Waals surface area contributed by atoms with E-state index in [1.807, 2.05) is 51.5 Å². The number of nitrogens with one attached hydrogen (secondary N) is 3. The highest BCUT2D eigenvalue weighted by atomic mass is 19.1. The largest absolute Gasteiger partial charge is 0.495 e. The van der Waals surface area contributed by atoms with Gasteiger partial charge in [0.2, 0.25) is 11.8 Å². The Morgan fingerprint density at radius 1 is 0.940 bits per heavy atom. The van der Waals surface area contributed by atoms with E-state index < -0.39 is 23.4 Å². The fourth-order valence-electron chi connectivity index (χ4n) is 10.6. The summed E-state index contributed by atoms with van der Waals surface area (Å²) in [5.41, 5.74) is 4.33. The number of alkyl carbamates (subject to hydrolysis) is 1. The molecular weight excluding hydrogens is 858 g/mol. The molecule has 3 aliphatic heterocycles. The number of rotatable bonds is 11. The van der Waals surface area contributed by atoms with Gasteiger partial charge in [0.25, 0.3) is 0 Å². The summed E-state index contributed by atoms with van der Waals surface area (Å²) in [7, 11) is 1.52. The Labute approximate surface area is 387 Å². The van der Waals surface area contributed by atoms with Crippen molar-refractivity contribution in [1.29, 1.82) is 5.26 Å². The molecule has 3 saturated heterocycles. The first-order valence-electron chi connectivity index (χ1n) is 23.3. The number of carbonyl (C=O) groups excluding carboxylic acids is 3. The van der Waals surface area contributed by atoms with Gasteiger partial charge in [0.05, 0.1) is 54.5 Å². The number of benzene rings is 1. The molecule has 0 spiro atoms. The van der Waals surface area contributed by atoms with Crippen molar-refractivity contribution in [2.75, 3.05) is 68.0 Å². The SMILES string of the molecule is COc1cc(N2CCN([C@H]3CC[C@H](n4cc(-c5cn6ncc(C#N)c6c(-c6ccc(N7C[C@@H]8[C@@H](CNC(=O)OC(C)(C)C)[C@@H]8C7)nc6)n5)cn4)CC3)CC2)c(F)cc1NC1CCC(=O)NC1=O. The van der Waals surface area contributed by atoms with Crippen LogP contribution in [0.25, 0.3) is 28.0 Å². The lowest BCUT2D eigenvalue weighted by molar-refractivity contribution is -0.133. The Hall–Kier alpha value is -6.81. The molecule has 18 nitrogen and oxygen atoms in total. The Bertz CT molecular complexity index is 2720. The lowest BCUT2D eigenvalue weighted by Crippen LogP contribution is -2.51. The number of hydrogen-bond acceptors (Lipinski definition) is 14. The number of amides is 3. The van der Waals surface area contributed by atoms with E-state index in [4.69, 9.17) is 24.5 Å². The summed E-state index contributed by atoms with van der Waals surface area (Å²) in [6.07, 6.45) is 13.3. The number of ether oxygens (including phenoxy) is 2. The van der Waals surface area contributed by atoms with E-state index in [1.165, 1.54) is 13.2 Å². The molecule has 350 valence electrons. The second-order valence-corrected chi connectivity index (χ2v) is 19.5. The number of pyridine rings is 1. The fourth-order valence-corrected chi connectivity index (χ4v) is 10.6. The van der Waals surface area contributed by atoms with Gasteiger partial charge in [-0.1, -0.05) is 0 Å². The summed E-state index contributed by atoms with van der Waals surface area (Å²) in [5.74, 6) is 1.65. The van der Waals surface area contributed by atoms with Crippen LogP contribution in [0, 0.1) is 34.9 Å². The van der Waals surface area contributed by atoms with Crippen molar-refractivity contribution in [2.24, 2.45) is 17.8 Å². The second kappa shape index (κ2) is 17.8. The van der Waals surface area contributed by atoms with Crippen molar-refractivity contribution < 1.29 is 28.2 Å². The number of hydrogen-bond donors (Lipinski definition) is 3. The number of fused-ring (bicyclic) bond motifs is 2. The van der Waals surface area contributed by atoms with Crippen LogP contribution in [0.15, 0.2) is 55.2 Å². The number of piperidine rings is 2. The van der Waals surface area contributed by atoms with Crippen LogP contribution in [0.1, 0.15) is 70.9 Å². The number of halogens is 1. The van der Waals surface area contributed by atoms with Gasteiger partial charge < -0.3 is 29.9 Å². The number of nitrogens with zero attached hydrogens (tertiary/aromatic N) is 10. The summed E-state index contributed by atoms with van der Waals surface area (Å²) < 4.78 is 30.4. The number of imide groups is 1. The van der Waals surface area contributed by atoms with Crippen LogP contribution in [0.5, 0.6) is 5.75 Å². The standard InChI is InChI=1S/C48H56FN13O5/c1-48(2,3)67-47(65)52-23-33-34-25-60(26-35(33)34)42-11-5-28(20-51-42)44-45-29(19-50)21-54-62(45)27-39(56-44)30-22-53-61(24-30)32-8-6-31(7-9-32)58-13-15-59(16-14-58)40-18-41(66-4)38(17-36(40)49)55-37-10-12-43(63)57-46(37)64/h5,11,17-18,20-22,24,27,31-35,37,55H,6-10,12-16,23,25-26H2,1-4H3,(H,52,65)(H,57,63,64)/t31-,32-,33-,34-,35+,37?. The van der Waals surface area contributed by atoms with Gasteiger partial charge in [-0.3, -0.25) is 24.5 Å². The molecule has 5 aromatic rings. The molecule has 67 heavy (non-hydrogen) atoms. The molecule has 1 aromatic carbocycles. The van der Waals surface area contributed by atoms with Crippen LogP contribution in [-0.2, 0) is 14.3 Å². The molecule has 3 amide bonds. The molecule has 5 aliphatic rings. The summed E-state index contributed by atoms with van der Waals surface area (Å²) in [5, 5.41) is 27.7. The van der Waals surface area contributed by atoms with E-state index in [-0.39, 0.29) is 24.5 Å². The van der Waals surface area contributed by atoms with Crippen molar-refractivity contribution in [1.82, 2.24) is 44.9 Å². The molecule has 0 bridgehead atoms. The molecular formula is C48H56FN13O5.